The SMILES string of the molecule is Fc1ccc(-c2nnc(Sc3nnc4ccccn34)c3ccccc23)cc1. The molecule has 5 nitrogen and oxygen atoms in total. The van der Waals surface area contributed by atoms with Gasteiger partial charge in [-0.15, -0.1) is 20.4 Å². The van der Waals surface area contributed by atoms with E-state index in [0.29, 0.717) is 0 Å². The summed E-state index contributed by atoms with van der Waals surface area (Å²) >= 11 is 1.42. The van der Waals surface area contributed by atoms with Crippen LogP contribution in [0.5, 0.6) is 0 Å². The first-order valence-electron chi connectivity index (χ1n) is 8.28. The van der Waals surface area contributed by atoms with E-state index in [1.165, 1.54) is 23.9 Å². The molecule has 0 atom stereocenters. The molecule has 3 aromatic heterocycles. The fourth-order valence-electron chi connectivity index (χ4n) is 2.95. The fourth-order valence-corrected chi connectivity index (χ4v) is 3.83. The lowest BCUT2D eigenvalue weighted by Crippen LogP contribution is -1.95. The van der Waals surface area contributed by atoms with Gasteiger partial charge < -0.3 is 0 Å². The lowest BCUT2D eigenvalue weighted by molar-refractivity contribution is 0.628. The van der Waals surface area contributed by atoms with E-state index in [4.69, 9.17) is 0 Å². The van der Waals surface area contributed by atoms with E-state index in [1.54, 1.807) is 12.1 Å². The number of fused-ring (bicyclic) bond motifs is 2. The van der Waals surface area contributed by atoms with Crippen molar-refractivity contribution in [2.75, 3.05) is 0 Å². The second-order valence-corrected chi connectivity index (χ2v) is 6.88. The predicted octanol–water partition coefficient (Wildman–Crippen LogP) is 4.63. The Kier molecular flexibility index (Phi) is 3.79. The molecule has 0 radical (unpaired) electrons. The minimum absolute atomic E-state index is 0.276. The molecule has 2 aromatic carbocycles. The number of nitrogens with zero attached hydrogens (tertiary/aromatic N) is 5. The number of benzene rings is 2. The van der Waals surface area contributed by atoms with Crippen molar-refractivity contribution in [3.8, 4) is 11.3 Å². The van der Waals surface area contributed by atoms with E-state index < -0.39 is 0 Å². The first-order valence-corrected chi connectivity index (χ1v) is 9.10. The summed E-state index contributed by atoms with van der Waals surface area (Å²) in [4.78, 5) is 0. The van der Waals surface area contributed by atoms with Crippen LogP contribution in [-0.2, 0) is 0 Å². The Morgan fingerprint density at radius 1 is 0.741 bits per heavy atom. The first-order chi connectivity index (χ1) is 13.3. The van der Waals surface area contributed by atoms with Crippen molar-refractivity contribution in [3.63, 3.8) is 0 Å². The lowest BCUT2D eigenvalue weighted by atomic mass is 10.1. The molecule has 0 N–H and O–H groups in total. The molecule has 0 amide bonds. The number of aromatic nitrogens is 5. The van der Waals surface area contributed by atoms with E-state index >= 15 is 0 Å². The number of hydrogen-bond donors (Lipinski definition) is 0. The Labute approximate surface area is 157 Å². The second-order valence-electron chi connectivity index (χ2n) is 5.92. The molecular formula is C20H12FN5S. The Balaban J connectivity index is 1.64. The van der Waals surface area contributed by atoms with Crippen molar-refractivity contribution in [2.24, 2.45) is 0 Å². The van der Waals surface area contributed by atoms with Gasteiger partial charge in [-0.25, -0.2) is 4.39 Å². The standard InChI is InChI=1S/C20H12FN5S/c21-14-10-8-13(9-11-14)18-15-5-1-2-6-16(15)19(24-23-18)27-20-25-22-17-7-3-4-12-26(17)20/h1-12H. The van der Waals surface area contributed by atoms with Crippen molar-refractivity contribution in [1.82, 2.24) is 24.8 Å². The first kappa shape index (κ1) is 15.9. The number of hydrogen-bond acceptors (Lipinski definition) is 5. The third-order valence-electron chi connectivity index (χ3n) is 4.24. The van der Waals surface area contributed by atoms with Gasteiger partial charge in [0, 0.05) is 22.5 Å². The molecular weight excluding hydrogens is 361 g/mol. The van der Waals surface area contributed by atoms with Gasteiger partial charge >= 0.3 is 0 Å². The summed E-state index contributed by atoms with van der Waals surface area (Å²) in [6, 6.07) is 20.0. The van der Waals surface area contributed by atoms with Gasteiger partial charge in [-0.05, 0) is 48.2 Å². The molecule has 0 saturated heterocycles. The number of pyridine rings is 1. The van der Waals surface area contributed by atoms with Crippen LogP contribution in [0.25, 0.3) is 27.7 Å². The molecule has 0 aliphatic carbocycles. The van der Waals surface area contributed by atoms with Gasteiger partial charge in [0.2, 0.25) is 5.16 Å². The van der Waals surface area contributed by atoms with Gasteiger partial charge in [0.1, 0.15) is 16.5 Å². The fraction of sp³-hybridized carbons (Fsp3) is 0. The van der Waals surface area contributed by atoms with Crippen LogP contribution in [0.4, 0.5) is 4.39 Å². The summed E-state index contributed by atoms with van der Waals surface area (Å²) in [5.41, 5.74) is 2.32. The lowest BCUT2D eigenvalue weighted by Gasteiger charge is -2.08. The van der Waals surface area contributed by atoms with Gasteiger partial charge in [-0.1, -0.05) is 30.3 Å². The van der Waals surface area contributed by atoms with Gasteiger partial charge in [-0.3, -0.25) is 4.40 Å². The molecule has 0 aliphatic rings. The minimum atomic E-state index is -0.276. The maximum Gasteiger partial charge on any atom is 0.201 e. The van der Waals surface area contributed by atoms with E-state index in [0.717, 1.165) is 37.9 Å². The highest BCUT2D eigenvalue weighted by Crippen LogP contribution is 2.34. The molecule has 0 spiro atoms. The van der Waals surface area contributed by atoms with Crippen molar-refractivity contribution >= 4 is 28.2 Å². The molecule has 0 bridgehead atoms. The summed E-state index contributed by atoms with van der Waals surface area (Å²) in [6.45, 7) is 0. The van der Waals surface area contributed by atoms with Crippen LogP contribution in [-0.4, -0.2) is 24.8 Å². The van der Waals surface area contributed by atoms with Gasteiger partial charge in [0.25, 0.3) is 0 Å². The summed E-state index contributed by atoms with van der Waals surface area (Å²) < 4.78 is 15.2. The summed E-state index contributed by atoms with van der Waals surface area (Å²) in [6.07, 6.45) is 1.92. The summed E-state index contributed by atoms with van der Waals surface area (Å²) in [5.74, 6) is -0.276. The van der Waals surface area contributed by atoms with E-state index in [-0.39, 0.29) is 5.82 Å². The van der Waals surface area contributed by atoms with E-state index in [2.05, 4.69) is 20.4 Å². The Morgan fingerprint density at radius 2 is 1.52 bits per heavy atom. The number of rotatable bonds is 3. The molecule has 0 unspecified atom stereocenters. The van der Waals surface area contributed by atoms with Crippen LogP contribution in [0.2, 0.25) is 0 Å². The average molecular weight is 373 g/mol. The monoisotopic (exact) mass is 373 g/mol. The Morgan fingerprint density at radius 3 is 2.37 bits per heavy atom. The maximum absolute atomic E-state index is 13.3. The quantitative estimate of drug-likeness (QED) is 0.461. The zero-order chi connectivity index (χ0) is 18.2. The predicted molar refractivity (Wildman–Crippen MR) is 102 cm³/mol. The zero-order valence-electron chi connectivity index (χ0n) is 14.0. The van der Waals surface area contributed by atoms with Crippen molar-refractivity contribution < 1.29 is 4.39 Å². The Bertz CT molecular complexity index is 1270. The Hall–Kier alpha value is -3.32. The van der Waals surface area contributed by atoms with Crippen molar-refractivity contribution in [2.45, 2.75) is 10.2 Å². The molecule has 0 aliphatic heterocycles. The highest BCUT2D eigenvalue weighted by molar-refractivity contribution is 7.99. The third-order valence-corrected chi connectivity index (χ3v) is 5.20. The summed E-state index contributed by atoms with van der Waals surface area (Å²) in [5, 5.41) is 20.7. The van der Waals surface area contributed by atoms with E-state index in [1.807, 2.05) is 53.1 Å². The molecule has 0 fully saturated rings. The largest absolute Gasteiger partial charge is 0.277 e. The highest BCUT2D eigenvalue weighted by atomic mass is 32.2. The molecule has 0 saturated carbocycles. The minimum Gasteiger partial charge on any atom is -0.277 e. The van der Waals surface area contributed by atoms with Crippen molar-refractivity contribution in [3.05, 3.63) is 78.7 Å². The van der Waals surface area contributed by atoms with Crippen LogP contribution in [0.3, 0.4) is 0 Å². The maximum atomic E-state index is 13.3. The summed E-state index contributed by atoms with van der Waals surface area (Å²) in [7, 11) is 0. The molecule has 5 rings (SSSR count). The molecule has 130 valence electrons. The van der Waals surface area contributed by atoms with Gasteiger partial charge in [0.05, 0.1) is 0 Å². The van der Waals surface area contributed by atoms with Gasteiger partial charge in [-0.2, -0.15) is 0 Å². The van der Waals surface area contributed by atoms with Crippen molar-refractivity contribution in [1.29, 1.82) is 0 Å². The third kappa shape index (κ3) is 2.82. The van der Waals surface area contributed by atoms with E-state index in [9.17, 15) is 4.39 Å². The molecule has 5 aromatic rings. The average Bonchev–Trinajstić information content (AvgIpc) is 3.12. The highest BCUT2D eigenvalue weighted by Gasteiger charge is 2.14. The van der Waals surface area contributed by atoms with Gasteiger partial charge in [0.15, 0.2) is 5.65 Å². The zero-order valence-corrected chi connectivity index (χ0v) is 14.8. The van der Waals surface area contributed by atoms with Crippen LogP contribution in [0, 0.1) is 5.82 Å². The normalized spacial score (nSPS) is 11.3. The van der Waals surface area contributed by atoms with Crippen LogP contribution >= 0.6 is 11.8 Å². The smallest absolute Gasteiger partial charge is 0.201 e. The van der Waals surface area contributed by atoms with Crippen LogP contribution in [0.1, 0.15) is 0 Å². The van der Waals surface area contributed by atoms with Crippen LogP contribution < -0.4 is 0 Å². The topological polar surface area (TPSA) is 56.0 Å². The molecule has 3 heterocycles. The number of halogens is 1. The molecule has 27 heavy (non-hydrogen) atoms. The van der Waals surface area contributed by atoms with Crippen LogP contribution in [0.15, 0.2) is 83.1 Å². The molecule has 7 heteroatoms. The second kappa shape index (κ2) is 6.44.